The number of aryl methyl sites for hydroxylation is 1. The van der Waals surface area contributed by atoms with E-state index in [4.69, 9.17) is 8.83 Å². The standard InChI is InChI=1S/C21H26O3/c1-17(5-3-7-19-9-11-23-15-19)13-21(22)14-18(2)6-4-8-20-10-12-24-16-20/h3,6-7,9-13,15-16,21-22H,4-5,8,14H2,1-2H3. The van der Waals surface area contributed by atoms with Gasteiger partial charge in [-0.2, -0.15) is 0 Å². The Kier molecular flexibility index (Phi) is 7.37. The van der Waals surface area contributed by atoms with Gasteiger partial charge in [0, 0.05) is 5.56 Å². The minimum Gasteiger partial charge on any atom is -0.472 e. The Morgan fingerprint density at radius 3 is 2.62 bits per heavy atom. The molecular formula is C21H26O3. The van der Waals surface area contributed by atoms with Crippen LogP contribution in [-0.4, -0.2) is 11.2 Å². The fraction of sp³-hybridized carbons (Fsp3) is 0.333. The smallest absolute Gasteiger partial charge is 0.0974 e. The molecule has 0 radical (unpaired) electrons. The second kappa shape index (κ2) is 9.78. The van der Waals surface area contributed by atoms with Gasteiger partial charge in [0.25, 0.3) is 0 Å². The summed E-state index contributed by atoms with van der Waals surface area (Å²) in [4.78, 5) is 0. The zero-order valence-electron chi connectivity index (χ0n) is 14.4. The Labute approximate surface area is 144 Å². The molecule has 2 heterocycles. The molecular weight excluding hydrogens is 300 g/mol. The molecule has 0 aliphatic rings. The Hall–Kier alpha value is -2.26. The summed E-state index contributed by atoms with van der Waals surface area (Å²) in [5, 5.41) is 10.2. The fourth-order valence-corrected chi connectivity index (χ4v) is 2.54. The number of aliphatic hydroxyl groups excluding tert-OH is 1. The maximum absolute atomic E-state index is 10.2. The number of hydrogen-bond acceptors (Lipinski definition) is 3. The van der Waals surface area contributed by atoms with Crippen molar-refractivity contribution >= 4 is 6.08 Å². The van der Waals surface area contributed by atoms with E-state index < -0.39 is 6.10 Å². The first-order valence-corrected chi connectivity index (χ1v) is 8.34. The molecule has 0 bridgehead atoms. The number of aliphatic hydroxyl groups is 1. The van der Waals surface area contributed by atoms with Crippen LogP contribution in [0, 0.1) is 0 Å². The topological polar surface area (TPSA) is 46.5 Å². The maximum Gasteiger partial charge on any atom is 0.0974 e. The molecule has 2 aromatic heterocycles. The van der Waals surface area contributed by atoms with Crippen LogP contribution in [-0.2, 0) is 6.42 Å². The van der Waals surface area contributed by atoms with Crippen LogP contribution in [0.25, 0.3) is 6.08 Å². The van der Waals surface area contributed by atoms with E-state index in [1.165, 1.54) is 11.1 Å². The van der Waals surface area contributed by atoms with Crippen molar-refractivity contribution in [3.63, 3.8) is 0 Å². The fourth-order valence-electron chi connectivity index (χ4n) is 2.54. The molecule has 0 amide bonds. The Bertz CT molecular complexity index is 658. The molecule has 3 heteroatoms. The van der Waals surface area contributed by atoms with E-state index in [2.05, 4.69) is 19.1 Å². The number of rotatable bonds is 9. The molecule has 2 rings (SSSR count). The van der Waals surface area contributed by atoms with Gasteiger partial charge in [0.15, 0.2) is 0 Å². The van der Waals surface area contributed by atoms with E-state index in [0.29, 0.717) is 6.42 Å². The highest BCUT2D eigenvalue weighted by molar-refractivity contribution is 5.47. The van der Waals surface area contributed by atoms with Crippen molar-refractivity contribution < 1.29 is 13.9 Å². The first-order chi connectivity index (χ1) is 11.6. The van der Waals surface area contributed by atoms with Gasteiger partial charge in [0.05, 0.1) is 31.2 Å². The van der Waals surface area contributed by atoms with Crippen LogP contribution in [0.2, 0.25) is 0 Å². The van der Waals surface area contributed by atoms with E-state index in [1.54, 1.807) is 25.1 Å². The van der Waals surface area contributed by atoms with Crippen molar-refractivity contribution in [1.29, 1.82) is 0 Å². The lowest BCUT2D eigenvalue weighted by atomic mass is 10.0. The van der Waals surface area contributed by atoms with E-state index in [9.17, 15) is 5.11 Å². The average molecular weight is 326 g/mol. The highest BCUT2D eigenvalue weighted by Crippen LogP contribution is 2.13. The van der Waals surface area contributed by atoms with Gasteiger partial charge in [-0.3, -0.25) is 0 Å². The minimum absolute atomic E-state index is 0.433. The highest BCUT2D eigenvalue weighted by Gasteiger charge is 2.02. The molecule has 2 aromatic rings. The summed E-state index contributed by atoms with van der Waals surface area (Å²) in [6, 6.07) is 3.91. The summed E-state index contributed by atoms with van der Waals surface area (Å²) < 4.78 is 10.1. The molecule has 1 unspecified atom stereocenters. The van der Waals surface area contributed by atoms with Gasteiger partial charge < -0.3 is 13.9 Å². The third-order valence-corrected chi connectivity index (χ3v) is 3.81. The largest absolute Gasteiger partial charge is 0.472 e. The van der Waals surface area contributed by atoms with Crippen molar-refractivity contribution in [2.75, 3.05) is 0 Å². The zero-order valence-corrected chi connectivity index (χ0v) is 14.4. The Morgan fingerprint density at radius 2 is 1.92 bits per heavy atom. The van der Waals surface area contributed by atoms with E-state index in [-0.39, 0.29) is 0 Å². The van der Waals surface area contributed by atoms with Crippen LogP contribution in [0.5, 0.6) is 0 Å². The van der Waals surface area contributed by atoms with Crippen molar-refractivity contribution in [3.8, 4) is 0 Å². The van der Waals surface area contributed by atoms with Crippen molar-refractivity contribution in [2.45, 2.75) is 45.6 Å². The van der Waals surface area contributed by atoms with Crippen LogP contribution >= 0.6 is 0 Å². The van der Waals surface area contributed by atoms with Crippen molar-refractivity contribution in [2.24, 2.45) is 0 Å². The summed E-state index contributed by atoms with van der Waals surface area (Å²) in [6.45, 7) is 4.11. The van der Waals surface area contributed by atoms with Crippen molar-refractivity contribution in [1.82, 2.24) is 0 Å². The van der Waals surface area contributed by atoms with Crippen LogP contribution in [0.4, 0.5) is 0 Å². The maximum atomic E-state index is 10.2. The predicted octanol–water partition coefficient (Wildman–Crippen LogP) is 5.55. The average Bonchev–Trinajstić information content (AvgIpc) is 3.20. The zero-order chi connectivity index (χ0) is 17.2. The first kappa shape index (κ1) is 18.1. The lowest BCUT2D eigenvalue weighted by Gasteiger charge is -2.08. The van der Waals surface area contributed by atoms with E-state index >= 15 is 0 Å². The number of furan rings is 2. The van der Waals surface area contributed by atoms with Crippen LogP contribution in [0.3, 0.4) is 0 Å². The third-order valence-electron chi connectivity index (χ3n) is 3.81. The SMILES string of the molecule is CC(=CC(O)CC(C)=CCCc1ccoc1)CC=Cc1ccoc1. The molecule has 0 aromatic carbocycles. The van der Waals surface area contributed by atoms with Crippen LogP contribution in [0.15, 0.2) is 75.4 Å². The summed E-state index contributed by atoms with van der Waals surface area (Å²) in [5.74, 6) is 0. The summed E-state index contributed by atoms with van der Waals surface area (Å²) in [6.07, 6.45) is 18.1. The molecule has 1 atom stereocenters. The van der Waals surface area contributed by atoms with Gasteiger partial charge in [0.2, 0.25) is 0 Å². The van der Waals surface area contributed by atoms with Crippen LogP contribution < -0.4 is 0 Å². The highest BCUT2D eigenvalue weighted by atomic mass is 16.3. The van der Waals surface area contributed by atoms with Gasteiger partial charge in [0.1, 0.15) is 0 Å². The van der Waals surface area contributed by atoms with Gasteiger partial charge >= 0.3 is 0 Å². The predicted molar refractivity (Wildman–Crippen MR) is 97.5 cm³/mol. The summed E-state index contributed by atoms with van der Waals surface area (Å²) >= 11 is 0. The van der Waals surface area contributed by atoms with Crippen LogP contribution in [0.1, 0.15) is 44.2 Å². The molecule has 1 N–H and O–H groups in total. The van der Waals surface area contributed by atoms with Gasteiger partial charge in [-0.15, -0.1) is 0 Å². The van der Waals surface area contributed by atoms with Gasteiger partial charge in [-0.25, -0.2) is 0 Å². The molecule has 24 heavy (non-hydrogen) atoms. The molecule has 0 aliphatic heterocycles. The minimum atomic E-state index is -0.433. The molecule has 128 valence electrons. The summed E-state index contributed by atoms with van der Waals surface area (Å²) in [5.41, 5.74) is 4.64. The second-order valence-electron chi connectivity index (χ2n) is 6.17. The van der Waals surface area contributed by atoms with Crippen molar-refractivity contribution in [3.05, 3.63) is 77.7 Å². The number of allylic oxidation sites excluding steroid dienone is 3. The van der Waals surface area contributed by atoms with Gasteiger partial charge in [-0.05, 0) is 57.2 Å². The number of hydrogen-bond donors (Lipinski definition) is 1. The lowest BCUT2D eigenvalue weighted by molar-refractivity contribution is 0.222. The molecule has 0 aliphatic carbocycles. The Morgan fingerprint density at radius 1 is 1.12 bits per heavy atom. The molecule has 0 saturated carbocycles. The third kappa shape index (κ3) is 6.88. The molecule has 3 nitrogen and oxygen atoms in total. The lowest BCUT2D eigenvalue weighted by Crippen LogP contribution is -2.03. The molecule has 0 spiro atoms. The monoisotopic (exact) mass is 326 g/mol. The molecule has 0 saturated heterocycles. The van der Waals surface area contributed by atoms with Gasteiger partial charge in [-0.1, -0.05) is 35.5 Å². The molecule has 0 fully saturated rings. The van der Waals surface area contributed by atoms with E-state index in [0.717, 1.165) is 30.4 Å². The quantitative estimate of drug-likeness (QED) is 0.614. The second-order valence-corrected chi connectivity index (χ2v) is 6.17. The first-order valence-electron chi connectivity index (χ1n) is 8.34. The summed E-state index contributed by atoms with van der Waals surface area (Å²) in [7, 11) is 0. The Balaban J connectivity index is 1.72. The van der Waals surface area contributed by atoms with E-state index in [1.807, 2.05) is 31.2 Å². The normalized spacial score (nSPS) is 14.5.